The lowest BCUT2D eigenvalue weighted by atomic mass is 9.96. The van der Waals surface area contributed by atoms with Gasteiger partial charge in [0, 0.05) is 33.9 Å². The van der Waals surface area contributed by atoms with E-state index in [2.05, 4.69) is 21.1 Å². The molecule has 18 heavy (non-hydrogen) atoms. The molecule has 0 radical (unpaired) electrons. The molecule has 0 aromatic heterocycles. The van der Waals surface area contributed by atoms with Crippen molar-refractivity contribution in [2.45, 2.75) is 19.3 Å². The van der Waals surface area contributed by atoms with Gasteiger partial charge in [-0.1, -0.05) is 5.92 Å². The highest BCUT2D eigenvalue weighted by molar-refractivity contribution is 14.0. The number of hydrogen-bond donors (Lipinski definition) is 1. The van der Waals surface area contributed by atoms with Crippen LogP contribution in [-0.4, -0.2) is 51.3 Å². The van der Waals surface area contributed by atoms with Crippen LogP contribution in [0.15, 0.2) is 4.99 Å². The molecule has 4 nitrogen and oxygen atoms in total. The molecule has 0 amide bonds. The van der Waals surface area contributed by atoms with Crippen molar-refractivity contribution in [3.05, 3.63) is 0 Å². The first-order chi connectivity index (χ1) is 8.27. The van der Waals surface area contributed by atoms with E-state index in [1.165, 1.54) is 19.3 Å². The zero-order chi connectivity index (χ0) is 12.5. The molecule has 0 atom stereocenters. The highest BCUT2D eigenvalue weighted by Crippen LogP contribution is 2.18. The molecule has 1 aliphatic rings. The van der Waals surface area contributed by atoms with Gasteiger partial charge in [0.1, 0.15) is 0 Å². The van der Waals surface area contributed by atoms with Crippen molar-refractivity contribution >= 4 is 29.9 Å². The van der Waals surface area contributed by atoms with Gasteiger partial charge in [-0.25, -0.2) is 0 Å². The predicted molar refractivity (Wildman–Crippen MR) is 86.4 cm³/mol. The van der Waals surface area contributed by atoms with Crippen molar-refractivity contribution in [3.8, 4) is 12.3 Å². The molecule has 0 aromatic rings. The summed E-state index contributed by atoms with van der Waals surface area (Å²) in [6.45, 7) is 3.36. The summed E-state index contributed by atoms with van der Waals surface area (Å²) in [5.74, 6) is 4.22. The first kappa shape index (κ1) is 17.5. The van der Waals surface area contributed by atoms with Crippen LogP contribution in [0.2, 0.25) is 0 Å². The van der Waals surface area contributed by atoms with Gasteiger partial charge in [-0.15, -0.1) is 30.4 Å². The highest BCUT2D eigenvalue weighted by Gasteiger charge is 2.15. The minimum Gasteiger partial charge on any atom is -0.381 e. The van der Waals surface area contributed by atoms with Crippen molar-refractivity contribution < 1.29 is 4.74 Å². The third-order valence-corrected chi connectivity index (χ3v) is 3.14. The number of rotatable bonds is 4. The van der Waals surface area contributed by atoms with Crippen molar-refractivity contribution in [2.75, 3.05) is 40.4 Å². The molecule has 1 aliphatic heterocycles. The average Bonchev–Trinajstić information content (AvgIpc) is 2.38. The minimum absolute atomic E-state index is 0. The lowest BCUT2D eigenvalue weighted by molar-refractivity contribution is 0.0625. The second kappa shape index (κ2) is 10.4. The Labute approximate surface area is 128 Å². The number of ether oxygens (including phenoxy) is 1. The summed E-state index contributed by atoms with van der Waals surface area (Å²) in [5.41, 5.74) is 0. The molecule has 0 spiro atoms. The van der Waals surface area contributed by atoms with E-state index < -0.39 is 0 Å². The quantitative estimate of drug-likeness (QED) is 0.356. The predicted octanol–water partition coefficient (Wildman–Crippen LogP) is 1.56. The van der Waals surface area contributed by atoms with E-state index in [9.17, 15) is 0 Å². The average molecular weight is 365 g/mol. The van der Waals surface area contributed by atoms with E-state index in [-0.39, 0.29) is 24.0 Å². The molecule has 104 valence electrons. The van der Waals surface area contributed by atoms with Crippen LogP contribution < -0.4 is 5.32 Å². The molecule has 1 fully saturated rings. The summed E-state index contributed by atoms with van der Waals surface area (Å²) in [7, 11) is 3.83. The van der Waals surface area contributed by atoms with Crippen molar-refractivity contribution in [3.63, 3.8) is 0 Å². The van der Waals surface area contributed by atoms with Gasteiger partial charge in [0.15, 0.2) is 5.96 Å². The van der Waals surface area contributed by atoms with Gasteiger partial charge in [-0.3, -0.25) is 4.99 Å². The van der Waals surface area contributed by atoms with Gasteiger partial charge in [-0.2, -0.15) is 0 Å². The van der Waals surface area contributed by atoms with Gasteiger partial charge in [0.05, 0.1) is 6.54 Å². The molecule has 1 saturated heterocycles. The van der Waals surface area contributed by atoms with Gasteiger partial charge in [-0.05, 0) is 25.2 Å². The number of nitrogens with one attached hydrogen (secondary N) is 1. The molecule has 0 unspecified atom stereocenters. The van der Waals surface area contributed by atoms with Gasteiger partial charge in [0.2, 0.25) is 0 Å². The van der Waals surface area contributed by atoms with Crippen LogP contribution in [0.25, 0.3) is 0 Å². The molecule has 1 heterocycles. The molecule has 0 aromatic carbocycles. The van der Waals surface area contributed by atoms with E-state index in [1.807, 2.05) is 7.05 Å². The smallest absolute Gasteiger partial charge is 0.194 e. The fraction of sp³-hybridized carbons (Fsp3) is 0.769. The molecule has 0 aliphatic carbocycles. The number of hydrogen-bond acceptors (Lipinski definition) is 2. The highest BCUT2D eigenvalue weighted by atomic mass is 127. The van der Waals surface area contributed by atoms with E-state index in [4.69, 9.17) is 11.2 Å². The number of aliphatic imine (C=N–C) groups is 1. The Kier molecular flexibility index (Phi) is 10.2. The number of guanidine groups is 1. The second-order valence-electron chi connectivity index (χ2n) is 4.37. The Bertz CT molecular complexity index is 282. The summed E-state index contributed by atoms with van der Waals surface area (Å²) in [6.07, 6.45) is 8.78. The van der Waals surface area contributed by atoms with E-state index in [0.29, 0.717) is 6.54 Å². The molecular formula is C13H24IN3O. The van der Waals surface area contributed by atoms with Crippen LogP contribution in [0, 0.1) is 18.3 Å². The molecule has 0 bridgehead atoms. The van der Waals surface area contributed by atoms with Gasteiger partial charge >= 0.3 is 0 Å². The van der Waals surface area contributed by atoms with Crippen LogP contribution in [0.4, 0.5) is 0 Å². The maximum absolute atomic E-state index is 5.36. The van der Waals surface area contributed by atoms with Gasteiger partial charge < -0.3 is 15.0 Å². The van der Waals surface area contributed by atoms with E-state index in [1.54, 1.807) is 7.05 Å². The SMILES string of the molecule is C#CCNC(=NC)N(C)CCC1CCOCC1.I. The van der Waals surface area contributed by atoms with Crippen LogP contribution in [0.3, 0.4) is 0 Å². The number of terminal acetylenes is 1. The fourth-order valence-corrected chi connectivity index (χ4v) is 2.03. The topological polar surface area (TPSA) is 36.9 Å². The molecule has 1 rings (SSSR count). The monoisotopic (exact) mass is 365 g/mol. The number of nitrogens with zero attached hydrogens (tertiary/aromatic N) is 2. The first-order valence-corrected chi connectivity index (χ1v) is 6.21. The Morgan fingerprint density at radius 2 is 2.17 bits per heavy atom. The molecule has 1 N–H and O–H groups in total. The molecular weight excluding hydrogens is 341 g/mol. The summed E-state index contributed by atoms with van der Waals surface area (Å²) in [5, 5.41) is 3.12. The van der Waals surface area contributed by atoms with Crippen molar-refractivity contribution in [1.29, 1.82) is 0 Å². The Balaban J connectivity index is 0.00000289. The first-order valence-electron chi connectivity index (χ1n) is 6.21. The summed E-state index contributed by atoms with van der Waals surface area (Å²) >= 11 is 0. The summed E-state index contributed by atoms with van der Waals surface area (Å²) in [4.78, 5) is 6.33. The Morgan fingerprint density at radius 3 is 2.72 bits per heavy atom. The lowest BCUT2D eigenvalue weighted by Crippen LogP contribution is -2.40. The standard InChI is InChI=1S/C13H23N3O.HI/c1-4-8-15-13(14-2)16(3)9-5-12-6-10-17-11-7-12;/h1,12H,5-11H2,2-3H3,(H,14,15);1H. The van der Waals surface area contributed by atoms with E-state index >= 15 is 0 Å². The lowest BCUT2D eigenvalue weighted by Gasteiger charge is -2.26. The maximum Gasteiger partial charge on any atom is 0.194 e. The van der Waals surface area contributed by atoms with E-state index in [0.717, 1.165) is 31.6 Å². The van der Waals surface area contributed by atoms with Crippen LogP contribution in [0.1, 0.15) is 19.3 Å². The largest absolute Gasteiger partial charge is 0.381 e. The van der Waals surface area contributed by atoms with Crippen LogP contribution in [-0.2, 0) is 4.74 Å². The second-order valence-corrected chi connectivity index (χ2v) is 4.37. The van der Waals surface area contributed by atoms with Crippen molar-refractivity contribution in [2.24, 2.45) is 10.9 Å². The normalized spacial score (nSPS) is 16.6. The van der Waals surface area contributed by atoms with Crippen LogP contribution in [0.5, 0.6) is 0 Å². The zero-order valence-corrected chi connectivity index (χ0v) is 13.6. The minimum atomic E-state index is 0. The zero-order valence-electron chi connectivity index (χ0n) is 11.3. The molecule has 0 saturated carbocycles. The fourth-order valence-electron chi connectivity index (χ4n) is 2.03. The Morgan fingerprint density at radius 1 is 1.50 bits per heavy atom. The maximum atomic E-state index is 5.36. The third kappa shape index (κ3) is 6.45. The van der Waals surface area contributed by atoms with Crippen molar-refractivity contribution in [1.82, 2.24) is 10.2 Å². The van der Waals surface area contributed by atoms with Gasteiger partial charge in [0.25, 0.3) is 0 Å². The third-order valence-electron chi connectivity index (χ3n) is 3.14. The number of halogens is 1. The summed E-state index contributed by atoms with van der Waals surface area (Å²) < 4.78 is 5.36. The molecule has 5 heteroatoms. The summed E-state index contributed by atoms with van der Waals surface area (Å²) in [6, 6.07) is 0. The Hall–Kier alpha value is -0.480. The van der Waals surface area contributed by atoms with Crippen LogP contribution >= 0.6 is 24.0 Å².